The summed E-state index contributed by atoms with van der Waals surface area (Å²) in [6, 6.07) is 2.48. The lowest BCUT2D eigenvalue weighted by Gasteiger charge is -2.01. The Morgan fingerprint density at radius 2 is 2.29 bits per heavy atom. The van der Waals surface area contributed by atoms with Gasteiger partial charge >= 0.3 is 0 Å². The van der Waals surface area contributed by atoms with Crippen molar-refractivity contribution in [1.82, 2.24) is 4.98 Å². The summed E-state index contributed by atoms with van der Waals surface area (Å²) in [5.41, 5.74) is -1.01. The Morgan fingerprint density at radius 1 is 1.64 bits per heavy atom. The van der Waals surface area contributed by atoms with Crippen molar-refractivity contribution < 1.29 is 13.6 Å². The van der Waals surface area contributed by atoms with Gasteiger partial charge in [0, 0.05) is 6.20 Å². The van der Waals surface area contributed by atoms with Crippen LogP contribution in [0.15, 0.2) is 12.3 Å². The average molecular weight is 217 g/mol. The molecule has 1 heterocycles. The molecule has 0 aliphatic heterocycles. The van der Waals surface area contributed by atoms with Crippen molar-refractivity contribution >= 4 is 16.8 Å². The molecule has 0 aliphatic rings. The van der Waals surface area contributed by atoms with E-state index in [9.17, 15) is 13.6 Å². The highest BCUT2D eigenvalue weighted by molar-refractivity contribution is 6.67. The molecule has 1 aromatic rings. The minimum Gasteiger partial charge on any atom is -0.274 e. The topological polar surface area (TPSA) is 53.8 Å². The molecule has 0 saturated heterocycles. The second kappa shape index (κ2) is 4.11. The van der Waals surface area contributed by atoms with Gasteiger partial charge in [0.25, 0.3) is 11.7 Å². The number of halogens is 3. The Kier molecular flexibility index (Phi) is 3.10. The van der Waals surface area contributed by atoms with Gasteiger partial charge in [0.1, 0.15) is 5.69 Å². The maximum absolute atomic E-state index is 12.2. The molecule has 0 N–H and O–H groups in total. The summed E-state index contributed by atoms with van der Waals surface area (Å²) in [6.45, 7) is 0. The Balaban J connectivity index is 3.27. The number of alkyl halides is 2. The number of aromatic nitrogens is 1. The van der Waals surface area contributed by atoms with Crippen molar-refractivity contribution in [2.75, 3.05) is 0 Å². The normalized spacial score (nSPS) is 9.93. The van der Waals surface area contributed by atoms with Crippen LogP contribution >= 0.6 is 11.6 Å². The maximum Gasteiger partial charge on any atom is 0.270 e. The molecule has 6 heteroatoms. The minimum absolute atomic E-state index is 0.215. The van der Waals surface area contributed by atoms with Gasteiger partial charge in [-0.15, -0.1) is 0 Å². The van der Waals surface area contributed by atoms with Gasteiger partial charge in [-0.3, -0.25) is 9.78 Å². The smallest absolute Gasteiger partial charge is 0.270 e. The molecule has 0 spiro atoms. The molecular weight excluding hydrogens is 214 g/mol. The molecule has 0 radical (unpaired) electrons. The average Bonchev–Trinajstić information content (AvgIpc) is 2.16. The second-order valence-electron chi connectivity index (χ2n) is 2.34. The maximum atomic E-state index is 12.2. The number of carbonyl (C=O) groups excluding carboxylic acids is 1. The third-order valence-electron chi connectivity index (χ3n) is 1.49. The molecule has 0 aromatic carbocycles. The van der Waals surface area contributed by atoms with Crippen molar-refractivity contribution in [3.63, 3.8) is 0 Å². The van der Waals surface area contributed by atoms with Crippen LogP contribution in [-0.2, 0) is 0 Å². The number of rotatable bonds is 2. The fourth-order valence-corrected chi connectivity index (χ4v) is 0.948. The first-order valence-electron chi connectivity index (χ1n) is 3.44. The molecule has 0 amide bonds. The second-order valence-corrected chi connectivity index (χ2v) is 2.69. The van der Waals surface area contributed by atoms with Gasteiger partial charge in [0.05, 0.1) is 17.2 Å². The fourth-order valence-electron chi connectivity index (χ4n) is 0.844. The monoisotopic (exact) mass is 216 g/mol. The van der Waals surface area contributed by atoms with Gasteiger partial charge in [-0.2, -0.15) is 5.26 Å². The SMILES string of the molecule is N#Cc1cc(C(=O)Cl)ncc1C(F)F. The molecule has 0 saturated carbocycles. The van der Waals surface area contributed by atoms with Crippen LogP contribution in [0, 0.1) is 11.3 Å². The summed E-state index contributed by atoms with van der Waals surface area (Å²) in [5.74, 6) is 0. The molecule has 72 valence electrons. The van der Waals surface area contributed by atoms with E-state index in [1.165, 1.54) is 0 Å². The van der Waals surface area contributed by atoms with Crippen LogP contribution in [-0.4, -0.2) is 10.2 Å². The summed E-state index contributed by atoms with van der Waals surface area (Å²) in [6.07, 6.45) is -2.02. The number of pyridine rings is 1. The Hall–Kier alpha value is -1.54. The molecule has 1 rings (SSSR count). The zero-order valence-electron chi connectivity index (χ0n) is 6.67. The molecule has 0 atom stereocenters. The van der Waals surface area contributed by atoms with E-state index < -0.39 is 17.2 Å². The highest BCUT2D eigenvalue weighted by Crippen LogP contribution is 2.22. The van der Waals surface area contributed by atoms with E-state index >= 15 is 0 Å². The molecule has 0 fully saturated rings. The van der Waals surface area contributed by atoms with E-state index in [-0.39, 0.29) is 11.3 Å². The predicted molar refractivity (Wildman–Crippen MR) is 44.1 cm³/mol. The minimum atomic E-state index is -2.79. The van der Waals surface area contributed by atoms with Gasteiger partial charge < -0.3 is 0 Å². The zero-order chi connectivity index (χ0) is 10.7. The fraction of sp³-hybridized carbons (Fsp3) is 0.125. The van der Waals surface area contributed by atoms with Crippen molar-refractivity contribution in [2.24, 2.45) is 0 Å². The highest BCUT2D eigenvalue weighted by atomic mass is 35.5. The number of nitrogens with zero attached hydrogens (tertiary/aromatic N) is 2. The van der Waals surface area contributed by atoms with Gasteiger partial charge in [0.15, 0.2) is 0 Å². The lowest BCUT2D eigenvalue weighted by molar-refractivity contribution is 0.107. The summed E-state index contributed by atoms with van der Waals surface area (Å²) >= 11 is 5.07. The van der Waals surface area contributed by atoms with E-state index in [1.54, 1.807) is 6.07 Å². The van der Waals surface area contributed by atoms with E-state index in [2.05, 4.69) is 4.98 Å². The lowest BCUT2D eigenvalue weighted by Crippen LogP contribution is -1.99. The zero-order valence-corrected chi connectivity index (χ0v) is 7.42. The Bertz CT molecular complexity index is 414. The van der Waals surface area contributed by atoms with Crippen LogP contribution in [0.2, 0.25) is 0 Å². The number of nitriles is 1. The van der Waals surface area contributed by atoms with E-state index in [4.69, 9.17) is 16.9 Å². The molecule has 14 heavy (non-hydrogen) atoms. The first-order chi connectivity index (χ1) is 6.56. The quantitative estimate of drug-likeness (QED) is 0.713. The van der Waals surface area contributed by atoms with Crippen molar-refractivity contribution in [3.05, 3.63) is 29.1 Å². The van der Waals surface area contributed by atoms with Gasteiger partial charge in [-0.25, -0.2) is 8.78 Å². The van der Waals surface area contributed by atoms with Crippen LogP contribution in [0.1, 0.15) is 28.0 Å². The van der Waals surface area contributed by atoms with Crippen LogP contribution in [0.4, 0.5) is 8.78 Å². The summed E-state index contributed by atoms with van der Waals surface area (Å²) < 4.78 is 24.5. The molecule has 0 unspecified atom stereocenters. The van der Waals surface area contributed by atoms with E-state index in [0.29, 0.717) is 0 Å². The molecule has 0 aliphatic carbocycles. The largest absolute Gasteiger partial charge is 0.274 e. The van der Waals surface area contributed by atoms with Gasteiger partial charge in [-0.1, -0.05) is 0 Å². The summed E-state index contributed by atoms with van der Waals surface area (Å²) in [4.78, 5) is 14.0. The molecule has 0 bridgehead atoms. The van der Waals surface area contributed by atoms with Crippen LogP contribution < -0.4 is 0 Å². The van der Waals surface area contributed by atoms with Crippen LogP contribution in [0.25, 0.3) is 0 Å². The van der Waals surface area contributed by atoms with E-state index in [0.717, 1.165) is 12.3 Å². The lowest BCUT2D eigenvalue weighted by atomic mass is 10.1. The standard InChI is InChI=1S/C8H3ClF2N2O/c9-7(14)6-1-4(2-12)5(3-13-6)8(10)11/h1,3,8H. The Labute approximate surface area is 82.9 Å². The summed E-state index contributed by atoms with van der Waals surface area (Å²) in [5, 5.41) is 7.62. The van der Waals surface area contributed by atoms with Crippen molar-refractivity contribution in [1.29, 1.82) is 5.26 Å². The van der Waals surface area contributed by atoms with Gasteiger partial charge in [0.2, 0.25) is 0 Å². The number of carbonyl (C=O) groups is 1. The summed E-state index contributed by atoms with van der Waals surface area (Å²) in [7, 11) is 0. The Morgan fingerprint density at radius 3 is 2.71 bits per heavy atom. The van der Waals surface area contributed by atoms with Crippen molar-refractivity contribution in [2.45, 2.75) is 6.43 Å². The highest BCUT2D eigenvalue weighted by Gasteiger charge is 2.15. The van der Waals surface area contributed by atoms with Crippen LogP contribution in [0.3, 0.4) is 0 Å². The van der Waals surface area contributed by atoms with Crippen molar-refractivity contribution in [3.8, 4) is 6.07 Å². The van der Waals surface area contributed by atoms with Crippen LogP contribution in [0.5, 0.6) is 0 Å². The third-order valence-corrected chi connectivity index (χ3v) is 1.69. The third kappa shape index (κ3) is 2.03. The van der Waals surface area contributed by atoms with E-state index in [1.807, 2.05) is 0 Å². The van der Waals surface area contributed by atoms with Gasteiger partial charge in [-0.05, 0) is 17.7 Å². The number of hydrogen-bond acceptors (Lipinski definition) is 3. The predicted octanol–water partition coefficient (Wildman–Crippen LogP) is 2.27. The number of hydrogen-bond donors (Lipinski definition) is 0. The molecule has 1 aromatic heterocycles. The first-order valence-corrected chi connectivity index (χ1v) is 3.82. The molecule has 3 nitrogen and oxygen atoms in total. The molecular formula is C8H3ClF2N2O. The first kappa shape index (κ1) is 10.5.